The summed E-state index contributed by atoms with van der Waals surface area (Å²) in [4.78, 5) is 0.902. The van der Waals surface area contributed by atoms with Crippen LogP contribution in [0, 0.1) is 5.82 Å². The third-order valence-electron chi connectivity index (χ3n) is 2.99. The number of halogens is 1. The van der Waals surface area contributed by atoms with Crippen molar-refractivity contribution in [3.63, 3.8) is 0 Å². The molecule has 1 fully saturated rings. The number of ether oxygens (including phenoxy) is 2. The fraction of sp³-hybridized carbons (Fsp3) is 0.571. The summed E-state index contributed by atoms with van der Waals surface area (Å²) in [6.45, 7) is 4.09. The second-order valence-corrected chi connectivity index (χ2v) is 5.94. The third-order valence-corrected chi connectivity index (χ3v) is 4.40. The van der Waals surface area contributed by atoms with Crippen molar-refractivity contribution >= 4 is 17.4 Å². The summed E-state index contributed by atoms with van der Waals surface area (Å²) in [7, 11) is 0. The number of hydrogen-bond acceptors (Lipinski definition) is 4. The average molecular weight is 285 g/mol. The minimum absolute atomic E-state index is 0.297. The molecule has 5 heteroatoms. The normalized spacial score (nSPS) is 16.5. The van der Waals surface area contributed by atoms with Gasteiger partial charge in [0, 0.05) is 35.1 Å². The van der Waals surface area contributed by atoms with Crippen LogP contribution in [0.4, 0.5) is 10.1 Å². The Balaban J connectivity index is 2.09. The van der Waals surface area contributed by atoms with Gasteiger partial charge < -0.3 is 15.2 Å². The molecule has 106 valence electrons. The van der Waals surface area contributed by atoms with Gasteiger partial charge in [0.2, 0.25) is 0 Å². The number of nitrogens with two attached hydrogens (primary N) is 1. The number of anilines is 1. The number of thioether (sulfide) groups is 1. The van der Waals surface area contributed by atoms with Crippen LogP contribution in [-0.2, 0) is 4.74 Å². The number of hydrogen-bond donors (Lipinski definition) is 1. The van der Waals surface area contributed by atoms with E-state index in [1.54, 1.807) is 17.8 Å². The number of nitrogen functional groups attached to an aromatic ring is 1. The van der Waals surface area contributed by atoms with Gasteiger partial charge in [0.25, 0.3) is 0 Å². The van der Waals surface area contributed by atoms with Crippen molar-refractivity contribution in [2.75, 3.05) is 25.6 Å². The monoisotopic (exact) mass is 285 g/mol. The lowest BCUT2D eigenvalue weighted by molar-refractivity contribution is 0.100. The Morgan fingerprint density at radius 1 is 1.42 bits per heavy atom. The van der Waals surface area contributed by atoms with Crippen LogP contribution < -0.4 is 10.5 Å². The summed E-state index contributed by atoms with van der Waals surface area (Å²) in [5, 5.41) is 0.487. The van der Waals surface area contributed by atoms with E-state index in [2.05, 4.69) is 0 Å². The topological polar surface area (TPSA) is 44.5 Å². The van der Waals surface area contributed by atoms with Gasteiger partial charge in [-0.25, -0.2) is 4.39 Å². The largest absolute Gasteiger partial charge is 0.490 e. The maximum Gasteiger partial charge on any atom is 0.167 e. The highest BCUT2D eigenvalue weighted by atomic mass is 32.2. The molecule has 0 spiro atoms. The van der Waals surface area contributed by atoms with Crippen molar-refractivity contribution in [2.45, 2.75) is 36.3 Å². The molecule has 1 aliphatic heterocycles. The lowest BCUT2D eigenvalue weighted by atomic mass is 10.2. The molecule has 1 saturated heterocycles. The first-order valence-corrected chi connectivity index (χ1v) is 7.55. The molecule has 1 aromatic carbocycles. The van der Waals surface area contributed by atoms with Crippen LogP contribution in [0.1, 0.15) is 26.2 Å². The Morgan fingerprint density at radius 2 is 2.16 bits per heavy atom. The first kappa shape index (κ1) is 14.5. The molecule has 0 unspecified atom stereocenters. The Morgan fingerprint density at radius 3 is 2.84 bits per heavy atom. The molecule has 0 radical (unpaired) electrons. The Bertz CT molecular complexity index is 422. The highest BCUT2D eigenvalue weighted by molar-refractivity contribution is 8.00. The van der Waals surface area contributed by atoms with E-state index < -0.39 is 0 Å². The molecule has 1 heterocycles. The quantitative estimate of drug-likeness (QED) is 0.841. The van der Waals surface area contributed by atoms with E-state index in [0.717, 1.165) is 37.4 Å². The van der Waals surface area contributed by atoms with Gasteiger partial charge in [0.1, 0.15) is 0 Å². The summed E-state index contributed by atoms with van der Waals surface area (Å²) in [5.41, 5.74) is 6.37. The van der Waals surface area contributed by atoms with Crippen LogP contribution >= 0.6 is 11.8 Å². The zero-order chi connectivity index (χ0) is 13.7. The molecule has 3 nitrogen and oxygen atoms in total. The van der Waals surface area contributed by atoms with Gasteiger partial charge in [-0.15, -0.1) is 11.8 Å². The molecule has 19 heavy (non-hydrogen) atoms. The molecule has 0 amide bonds. The van der Waals surface area contributed by atoms with E-state index in [4.69, 9.17) is 15.2 Å². The van der Waals surface area contributed by atoms with Crippen LogP contribution in [-0.4, -0.2) is 25.1 Å². The van der Waals surface area contributed by atoms with E-state index in [0.29, 0.717) is 23.3 Å². The number of benzene rings is 1. The molecule has 2 N–H and O–H groups in total. The summed E-state index contributed by atoms with van der Waals surface area (Å²) in [5.74, 6) is -0.0899. The Kier molecular flexibility index (Phi) is 5.34. The van der Waals surface area contributed by atoms with Gasteiger partial charge in [-0.1, -0.05) is 6.92 Å². The Hall–Kier alpha value is -0.940. The molecule has 0 aromatic heterocycles. The summed E-state index contributed by atoms with van der Waals surface area (Å²) < 4.78 is 24.4. The fourth-order valence-corrected chi connectivity index (χ4v) is 3.11. The molecule has 0 saturated carbocycles. The zero-order valence-electron chi connectivity index (χ0n) is 11.2. The fourth-order valence-electron chi connectivity index (χ4n) is 1.95. The minimum Gasteiger partial charge on any atom is -0.490 e. The summed E-state index contributed by atoms with van der Waals surface area (Å²) in [6.07, 6.45) is 2.87. The minimum atomic E-state index is -0.387. The van der Waals surface area contributed by atoms with Crippen molar-refractivity contribution in [3.05, 3.63) is 17.9 Å². The predicted molar refractivity (Wildman–Crippen MR) is 76.3 cm³/mol. The smallest absolute Gasteiger partial charge is 0.167 e. The SMILES string of the molecule is CCCOc1cc(SC2CCOCC2)c(N)cc1F. The van der Waals surface area contributed by atoms with Crippen molar-refractivity contribution in [1.29, 1.82) is 0 Å². The number of rotatable bonds is 5. The van der Waals surface area contributed by atoms with E-state index in [9.17, 15) is 4.39 Å². The molecule has 1 aliphatic rings. The van der Waals surface area contributed by atoms with Gasteiger partial charge in [0.15, 0.2) is 11.6 Å². The van der Waals surface area contributed by atoms with E-state index >= 15 is 0 Å². The average Bonchev–Trinajstić information content (AvgIpc) is 2.42. The predicted octanol–water partition coefficient (Wildman–Crippen LogP) is 3.47. The van der Waals surface area contributed by atoms with Gasteiger partial charge in [0.05, 0.1) is 6.61 Å². The molecular formula is C14H20FNO2S. The Labute approximate surface area is 117 Å². The first-order valence-electron chi connectivity index (χ1n) is 6.67. The van der Waals surface area contributed by atoms with Crippen molar-refractivity contribution in [1.82, 2.24) is 0 Å². The maximum absolute atomic E-state index is 13.7. The molecule has 0 bridgehead atoms. The highest BCUT2D eigenvalue weighted by Gasteiger charge is 2.18. The first-order chi connectivity index (χ1) is 9.20. The van der Waals surface area contributed by atoms with Crippen LogP contribution in [0.25, 0.3) is 0 Å². The third kappa shape index (κ3) is 4.01. The molecule has 0 aliphatic carbocycles. The molecule has 0 atom stereocenters. The standard InChI is InChI=1S/C14H20FNO2S/c1-2-5-18-13-9-14(12(16)8-11(13)15)19-10-3-6-17-7-4-10/h8-10H,2-7,16H2,1H3. The second kappa shape index (κ2) is 7.01. The van der Waals surface area contributed by atoms with E-state index in [1.807, 2.05) is 6.92 Å². The van der Waals surface area contributed by atoms with Crippen LogP contribution in [0.5, 0.6) is 5.75 Å². The lowest BCUT2D eigenvalue weighted by Crippen LogP contribution is -2.17. The van der Waals surface area contributed by atoms with E-state index in [1.165, 1.54) is 6.07 Å². The molecule has 1 aromatic rings. The van der Waals surface area contributed by atoms with Crippen LogP contribution in [0.3, 0.4) is 0 Å². The highest BCUT2D eigenvalue weighted by Crippen LogP contribution is 2.36. The second-order valence-electron chi connectivity index (χ2n) is 4.60. The van der Waals surface area contributed by atoms with E-state index in [-0.39, 0.29) is 5.82 Å². The van der Waals surface area contributed by atoms with Crippen molar-refractivity contribution < 1.29 is 13.9 Å². The molecular weight excluding hydrogens is 265 g/mol. The zero-order valence-corrected chi connectivity index (χ0v) is 12.0. The van der Waals surface area contributed by atoms with Crippen molar-refractivity contribution in [2.24, 2.45) is 0 Å². The van der Waals surface area contributed by atoms with Crippen LogP contribution in [0.2, 0.25) is 0 Å². The molecule has 2 rings (SSSR count). The maximum atomic E-state index is 13.7. The van der Waals surface area contributed by atoms with Gasteiger partial charge in [-0.05, 0) is 25.3 Å². The summed E-state index contributed by atoms with van der Waals surface area (Å²) in [6, 6.07) is 3.08. The summed E-state index contributed by atoms with van der Waals surface area (Å²) >= 11 is 1.70. The van der Waals surface area contributed by atoms with Gasteiger partial charge >= 0.3 is 0 Å². The van der Waals surface area contributed by atoms with Crippen LogP contribution in [0.15, 0.2) is 17.0 Å². The van der Waals surface area contributed by atoms with Crippen molar-refractivity contribution in [3.8, 4) is 5.75 Å². The lowest BCUT2D eigenvalue weighted by Gasteiger charge is -2.22. The van der Waals surface area contributed by atoms with Gasteiger partial charge in [-0.2, -0.15) is 0 Å². The van der Waals surface area contributed by atoms with Gasteiger partial charge in [-0.3, -0.25) is 0 Å².